The average molecular weight is 287 g/mol. The molecule has 2 atom stereocenters. The molecule has 1 aromatic rings. The minimum absolute atomic E-state index is 0.0313. The average Bonchev–Trinajstić information content (AvgIpc) is 2.88. The first kappa shape index (κ1) is 14.8. The van der Waals surface area contributed by atoms with E-state index in [0.717, 1.165) is 0 Å². The van der Waals surface area contributed by atoms with Gasteiger partial charge in [0.15, 0.2) is 6.04 Å². The van der Waals surface area contributed by atoms with Crippen LogP contribution in [0.4, 0.5) is 13.2 Å². The van der Waals surface area contributed by atoms with Gasteiger partial charge in [-0.15, -0.1) is 0 Å². The summed E-state index contributed by atoms with van der Waals surface area (Å²) in [4.78, 5) is 11.8. The molecule has 1 aliphatic heterocycles. The van der Waals surface area contributed by atoms with Gasteiger partial charge in [0.2, 0.25) is 5.91 Å². The highest BCUT2D eigenvalue weighted by Crippen LogP contribution is 2.33. The summed E-state index contributed by atoms with van der Waals surface area (Å²) < 4.78 is 44.5. The number of rotatable bonds is 3. The third-order valence-corrected chi connectivity index (χ3v) is 3.21. The molecule has 1 aliphatic rings. The van der Waals surface area contributed by atoms with Gasteiger partial charge in [-0.05, 0) is 25.3 Å². The van der Waals surface area contributed by atoms with Crippen LogP contribution < -0.4 is 5.32 Å². The van der Waals surface area contributed by atoms with Crippen molar-refractivity contribution in [3.8, 4) is 0 Å². The van der Waals surface area contributed by atoms with E-state index >= 15 is 0 Å². The third-order valence-electron chi connectivity index (χ3n) is 3.21. The van der Waals surface area contributed by atoms with Gasteiger partial charge in [-0.25, -0.2) is 0 Å². The number of ether oxygens (including phenoxy) is 1. The second-order valence-corrected chi connectivity index (χ2v) is 4.90. The maximum absolute atomic E-state index is 13.1. The van der Waals surface area contributed by atoms with Gasteiger partial charge in [0, 0.05) is 6.61 Å². The zero-order chi connectivity index (χ0) is 14.8. The van der Waals surface area contributed by atoms with Crippen LogP contribution in [0.2, 0.25) is 0 Å². The highest BCUT2D eigenvalue weighted by atomic mass is 19.4. The highest BCUT2D eigenvalue weighted by molar-refractivity contribution is 5.81. The van der Waals surface area contributed by atoms with Gasteiger partial charge < -0.3 is 10.1 Å². The first-order valence-corrected chi connectivity index (χ1v) is 6.43. The van der Waals surface area contributed by atoms with Crippen LogP contribution in [-0.4, -0.2) is 24.8 Å². The SMILES string of the molecule is Cc1cccc([C@H](NC(=O)[C@@H]2CCCO2)C(F)(F)F)c1. The Balaban J connectivity index is 2.18. The predicted molar refractivity (Wildman–Crippen MR) is 67.1 cm³/mol. The van der Waals surface area contributed by atoms with Crippen molar-refractivity contribution in [2.24, 2.45) is 0 Å². The van der Waals surface area contributed by atoms with Crippen LogP contribution in [0.15, 0.2) is 24.3 Å². The minimum atomic E-state index is -4.54. The zero-order valence-corrected chi connectivity index (χ0v) is 11.0. The molecule has 1 N–H and O–H groups in total. The molecule has 0 radical (unpaired) electrons. The van der Waals surface area contributed by atoms with E-state index in [9.17, 15) is 18.0 Å². The molecule has 6 heteroatoms. The van der Waals surface area contributed by atoms with E-state index in [0.29, 0.717) is 25.0 Å². The largest absolute Gasteiger partial charge is 0.412 e. The van der Waals surface area contributed by atoms with Gasteiger partial charge in [-0.1, -0.05) is 29.8 Å². The maximum Gasteiger partial charge on any atom is 0.412 e. The van der Waals surface area contributed by atoms with E-state index in [4.69, 9.17) is 4.74 Å². The molecule has 0 aliphatic carbocycles. The molecule has 1 heterocycles. The summed E-state index contributed by atoms with van der Waals surface area (Å²) in [5.74, 6) is -0.702. The standard InChI is InChI=1S/C14H16F3NO2/c1-9-4-2-5-10(8-9)12(14(15,16)17)18-13(19)11-6-3-7-20-11/h2,4-5,8,11-12H,3,6-7H2,1H3,(H,18,19)/t11-,12-/m0/s1. The van der Waals surface area contributed by atoms with Crippen molar-refractivity contribution < 1.29 is 22.7 Å². The highest BCUT2D eigenvalue weighted by Gasteiger charge is 2.43. The van der Waals surface area contributed by atoms with Gasteiger partial charge in [0.1, 0.15) is 6.10 Å². The van der Waals surface area contributed by atoms with E-state index in [1.165, 1.54) is 12.1 Å². The second kappa shape index (κ2) is 5.83. The van der Waals surface area contributed by atoms with Gasteiger partial charge in [-0.3, -0.25) is 4.79 Å². The molecule has 0 aromatic heterocycles. The lowest BCUT2D eigenvalue weighted by Crippen LogP contribution is -2.42. The summed E-state index contributed by atoms with van der Waals surface area (Å²) in [6.45, 7) is 2.12. The Bertz CT molecular complexity index is 482. The van der Waals surface area contributed by atoms with Crippen LogP contribution in [0, 0.1) is 6.92 Å². The zero-order valence-electron chi connectivity index (χ0n) is 11.0. The fourth-order valence-corrected chi connectivity index (χ4v) is 2.22. The van der Waals surface area contributed by atoms with E-state index in [-0.39, 0.29) is 5.56 Å². The predicted octanol–water partition coefficient (Wildman–Crippen LogP) is 2.89. The fourth-order valence-electron chi connectivity index (χ4n) is 2.22. The Labute approximate surface area is 115 Å². The molecule has 0 spiro atoms. The molecular formula is C14H16F3NO2. The van der Waals surface area contributed by atoms with Crippen molar-refractivity contribution in [1.82, 2.24) is 5.32 Å². The van der Waals surface area contributed by atoms with Gasteiger partial charge >= 0.3 is 6.18 Å². The summed E-state index contributed by atoms with van der Waals surface area (Å²) >= 11 is 0. The normalized spacial score (nSPS) is 20.7. The number of halogens is 3. The van der Waals surface area contributed by atoms with Crippen molar-refractivity contribution in [1.29, 1.82) is 0 Å². The summed E-state index contributed by atoms with van der Waals surface area (Å²) in [6, 6.07) is 4.04. The molecule has 3 nitrogen and oxygen atoms in total. The van der Waals surface area contributed by atoms with Crippen LogP contribution >= 0.6 is 0 Å². The second-order valence-electron chi connectivity index (χ2n) is 4.90. The monoisotopic (exact) mass is 287 g/mol. The van der Waals surface area contributed by atoms with Crippen LogP contribution in [-0.2, 0) is 9.53 Å². The topological polar surface area (TPSA) is 38.3 Å². The molecule has 20 heavy (non-hydrogen) atoms. The number of carbonyl (C=O) groups excluding carboxylic acids is 1. The van der Waals surface area contributed by atoms with Crippen LogP contribution in [0.5, 0.6) is 0 Å². The molecular weight excluding hydrogens is 271 g/mol. The van der Waals surface area contributed by atoms with Crippen molar-refractivity contribution >= 4 is 5.91 Å². The summed E-state index contributed by atoms with van der Waals surface area (Å²) in [5.41, 5.74) is 0.743. The van der Waals surface area contributed by atoms with Gasteiger partial charge in [0.25, 0.3) is 0 Å². The van der Waals surface area contributed by atoms with Gasteiger partial charge in [-0.2, -0.15) is 13.2 Å². The Morgan fingerprint density at radius 3 is 2.75 bits per heavy atom. The lowest BCUT2D eigenvalue weighted by molar-refractivity contribution is -0.166. The third kappa shape index (κ3) is 3.50. The maximum atomic E-state index is 13.1. The number of aryl methyl sites for hydroxylation is 1. The Hall–Kier alpha value is -1.56. The Morgan fingerprint density at radius 1 is 1.45 bits per heavy atom. The molecule has 0 saturated carbocycles. The van der Waals surface area contributed by atoms with E-state index < -0.39 is 24.2 Å². The number of hydrogen-bond donors (Lipinski definition) is 1. The van der Waals surface area contributed by atoms with Crippen LogP contribution in [0.25, 0.3) is 0 Å². The number of amides is 1. The van der Waals surface area contributed by atoms with Crippen molar-refractivity contribution in [2.45, 2.75) is 38.1 Å². The number of carbonyl (C=O) groups is 1. The van der Waals surface area contributed by atoms with Crippen molar-refractivity contribution in [3.05, 3.63) is 35.4 Å². The summed E-state index contributed by atoms with van der Waals surface area (Å²) in [7, 11) is 0. The van der Waals surface area contributed by atoms with Crippen molar-refractivity contribution in [3.63, 3.8) is 0 Å². The molecule has 0 unspecified atom stereocenters. The summed E-state index contributed by atoms with van der Waals surface area (Å²) in [5, 5.41) is 2.05. The Morgan fingerprint density at radius 2 is 2.20 bits per heavy atom. The summed E-state index contributed by atoms with van der Waals surface area (Å²) in [6.07, 6.45) is -4.16. The van der Waals surface area contributed by atoms with E-state index in [1.807, 2.05) is 0 Å². The molecule has 1 amide bonds. The number of hydrogen-bond acceptors (Lipinski definition) is 2. The molecule has 1 aromatic carbocycles. The van der Waals surface area contributed by atoms with Crippen LogP contribution in [0.3, 0.4) is 0 Å². The molecule has 0 bridgehead atoms. The van der Waals surface area contributed by atoms with Crippen LogP contribution in [0.1, 0.15) is 30.0 Å². The number of benzene rings is 1. The lowest BCUT2D eigenvalue weighted by atomic mass is 10.0. The minimum Gasteiger partial charge on any atom is -0.368 e. The molecule has 1 saturated heterocycles. The van der Waals surface area contributed by atoms with E-state index in [1.54, 1.807) is 19.1 Å². The molecule has 2 rings (SSSR count). The van der Waals surface area contributed by atoms with E-state index in [2.05, 4.69) is 5.32 Å². The van der Waals surface area contributed by atoms with Gasteiger partial charge in [0.05, 0.1) is 0 Å². The number of alkyl halides is 3. The smallest absolute Gasteiger partial charge is 0.368 e. The van der Waals surface area contributed by atoms with Crippen molar-refractivity contribution in [2.75, 3.05) is 6.61 Å². The molecule has 110 valence electrons. The molecule has 1 fully saturated rings. The quantitative estimate of drug-likeness (QED) is 0.928. The lowest BCUT2D eigenvalue weighted by Gasteiger charge is -2.23. The Kier molecular flexibility index (Phi) is 4.32. The fraction of sp³-hybridized carbons (Fsp3) is 0.500. The first-order valence-electron chi connectivity index (χ1n) is 6.43. The number of nitrogens with one attached hydrogen (secondary N) is 1. The first-order chi connectivity index (χ1) is 9.38.